The van der Waals surface area contributed by atoms with Crippen LogP contribution in [0.4, 0.5) is 4.79 Å². The van der Waals surface area contributed by atoms with Gasteiger partial charge in [-0.1, -0.05) is 6.42 Å². The molecule has 0 aromatic carbocycles. The van der Waals surface area contributed by atoms with Gasteiger partial charge in [-0.3, -0.25) is 9.69 Å². The first-order chi connectivity index (χ1) is 8.16. The molecule has 2 bridgehead atoms. The molecular weight excluding hydrogens is 218 g/mol. The molecule has 3 fully saturated rings. The Hall–Kier alpha value is -1.10. The molecule has 3 aliphatic rings. The summed E-state index contributed by atoms with van der Waals surface area (Å²) in [5.74, 6) is -0.0531. The highest BCUT2D eigenvalue weighted by atomic mass is 16.2. The molecule has 3 rings (SSSR count). The Balaban J connectivity index is 1.77. The van der Waals surface area contributed by atoms with Gasteiger partial charge in [0.15, 0.2) is 0 Å². The molecule has 1 N–H and O–H groups in total. The van der Waals surface area contributed by atoms with Crippen molar-refractivity contribution in [2.45, 2.75) is 50.2 Å². The molecule has 0 saturated carbocycles. The predicted octanol–water partition coefficient (Wildman–Crippen LogP) is 0.554. The number of fused-ring (bicyclic) bond motifs is 2. The maximum atomic E-state index is 11.7. The molecule has 2 unspecified atom stereocenters. The predicted molar refractivity (Wildman–Crippen MR) is 62.5 cm³/mol. The van der Waals surface area contributed by atoms with Crippen LogP contribution in [0, 0.1) is 0 Å². The van der Waals surface area contributed by atoms with E-state index in [9.17, 15) is 9.59 Å². The van der Waals surface area contributed by atoms with Gasteiger partial charge in [0.2, 0.25) is 5.91 Å². The van der Waals surface area contributed by atoms with Crippen molar-refractivity contribution in [2.24, 2.45) is 0 Å². The number of nitrogens with one attached hydrogen (secondary N) is 1. The number of amides is 3. The van der Waals surface area contributed by atoms with E-state index >= 15 is 0 Å². The van der Waals surface area contributed by atoms with E-state index in [0.717, 1.165) is 12.8 Å². The number of carbonyl (C=O) groups is 2. The molecule has 5 heteroatoms. The third kappa shape index (κ3) is 1.73. The minimum atomic E-state index is -0.192. The molecule has 0 aliphatic carbocycles. The van der Waals surface area contributed by atoms with Crippen molar-refractivity contribution in [3.63, 3.8) is 0 Å². The van der Waals surface area contributed by atoms with Gasteiger partial charge in [-0.2, -0.15) is 0 Å². The fourth-order valence-corrected chi connectivity index (χ4v) is 3.60. The minimum Gasteiger partial charge on any atom is -0.329 e. The lowest BCUT2D eigenvalue weighted by atomic mass is 9.82. The highest BCUT2D eigenvalue weighted by molar-refractivity contribution is 6.02. The van der Waals surface area contributed by atoms with Crippen molar-refractivity contribution in [2.75, 3.05) is 13.6 Å². The molecule has 0 spiro atoms. The first-order valence-corrected chi connectivity index (χ1v) is 6.48. The third-order valence-corrected chi connectivity index (χ3v) is 4.56. The maximum absolute atomic E-state index is 11.7. The quantitative estimate of drug-likeness (QED) is 0.678. The Bertz CT molecular complexity index is 328. The second kappa shape index (κ2) is 3.98. The van der Waals surface area contributed by atoms with E-state index in [2.05, 4.69) is 17.3 Å². The fraction of sp³-hybridized carbons (Fsp3) is 0.833. The number of urea groups is 1. The van der Waals surface area contributed by atoms with Crippen molar-refractivity contribution in [1.29, 1.82) is 0 Å². The molecule has 0 aromatic heterocycles. The summed E-state index contributed by atoms with van der Waals surface area (Å²) >= 11 is 0. The Kier molecular flexibility index (Phi) is 2.58. The van der Waals surface area contributed by atoms with E-state index in [1.165, 1.54) is 24.2 Å². The molecule has 3 saturated heterocycles. The van der Waals surface area contributed by atoms with Crippen LogP contribution in [0.25, 0.3) is 0 Å². The SMILES string of the molecule is CN1C2CCCC1CC(N1C(=O)CNC1=O)C2. The number of nitrogens with zero attached hydrogens (tertiary/aromatic N) is 2. The monoisotopic (exact) mass is 237 g/mol. The zero-order valence-electron chi connectivity index (χ0n) is 10.2. The zero-order valence-corrected chi connectivity index (χ0v) is 10.2. The van der Waals surface area contributed by atoms with Gasteiger partial charge in [-0.05, 0) is 32.7 Å². The van der Waals surface area contributed by atoms with Gasteiger partial charge in [-0.15, -0.1) is 0 Å². The van der Waals surface area contributed by atoms with Crippen molar-refractivity contribution in [1.82, 2.24) is 15.1 Å². The number of imide groups is 1. The average molecular weight is 237 g/mol. The summed E-state index contributed by atoms with van der Waals surface area (Å²) in [4.78, 5) is 27.3. The summed E-state index contributed by atoms with van der Waals surface area (Å²) in [5.41, 5.74) is 0. The molecule has 5 nitrogen and oxygen atoms in total. The Morgan fingerprint density at radius 2 is 1.76 bits per heavy atom. The van der Waals surface area contributed by atoms with Gasteiger partial charge in [0.25, 0.3) is 0 Å². The Morgan fingerprint density at radius 3 is 2.29 bits per heavy atom. The lowest BCUT2D eigenvalue weighted by molar-refractivity contribution is -0.128. The van der Waals surface area contributed by atoms with Crippen LogP contribution in [-0.4, -0.2) is 53.5 Å². The summed E-state index contributed by atoms with van der Waals surface area (Å²) in [6.45, 7) is 0.181. The van der Waals surface area contributed by atoms with E-state index in [1.54, 1.807) is 0 Å². The second-order valence-electron chi connectivity index (χ2n) is 5.45. The topological polar surface area (TPSA) is 52.6 Å². The normalized spacial score (nSPS) is 38.4. The Morgan fingerprint density at radius 1 is 1.12 bits per heavy atom. The number of hydrogen-bond acceptors (Lipinski definition) is 3. The van der Waals surface area contributed by atoms with Crippen molar-refractivity contribution >= 4 is 11.9 Å². The highest BCUT2D eigenvalue weighted by Gasteiger charge is 2.43. The summed E-state index contributed by atoms with van der Waals surface area (Å²) in [6, 6.07) is 1.03. The third-order valence-electron chi connectivity index (χ3n) is 4.56. The molecule has 17 heavy (non-hydrogen) atoms. The smallest absolute Gasteiger partial charge is 0.324 e. The van der Waals surface area contributed by atoms with Gasteiger partial charge in [-0.25, -0.2) is 4.79 Å². The van der Waals surface area contributed by atoms with Crippen LogP contribution in [-0.2, 0) is 4.79 Å². The van der Waals surface area contributed by atoms with E-state index in [4.69, 9.17) is 0 Å². The van der Waals surface area contributed by atoms with Crippen LogP contribution < -0.4 is 5.32 Å². The minimum absolute atomic E-state index is 0.0531. The molecule has 3 aliphatic heterocycles. The molecular formula is C12H19N3O2. The van der Waals surface area contributed by atoms with E-state index in [1.807, 2.05) is 0 Å². The second-order valence-corrected chi connectivity index (χ2v) is 5.45. The van der Waals surface area contributed by atoms with Gasteiger partial charge < -0.3 is 10.2 Å². The molecule has 3 heterocycles. The standard InChI is InChI=1S/C12H19N3O2/c1-14-8-3-2-4-9(14)6-10(5-8)15-11(16)7-13-12(15)17/h8-10H,2-7H2,1H3,(H,13,17). The number of rotatable bonds is 1. The number of piperidine rings is 2. The van der Waals surface area contributed by atoms with Crippen LogP contribution in [0.1, 0.15) is 32.1 Å². The molecule has 2 atom stereocenters. The van der Waals surface area contributed by atoms with Crippen LogP contribution in [0.3, 0.4) is 0 Å². The average Bonchev–Trinajstić information content (AvgIpc) is 2.59. The van der Waals surface area contributed by atoms with Crippen molar-refractivity contribution < 1.29 is 9.59 Å². The van der Waals surface area contributed by atoms with Crippen molar-refractivity contribution in [3.05, 3.63) is 0 Å². The summed E-state index contributed by atoms with van der Waals surface area (Å²) in [7, 11) is 2.18. The molecule has 0 radical (unpaired) electrons. The van der Waals surface area contributed by atoms with Crippen LogP contribution in [0.15, 0.2) is 0 Å². The van der Waals surface area contributed by atoms with Gasteiger partial charge in [0.05, 0.1) is 6.54 Å². The first-order valence-electron chi connectivity index (χ1n) is 6.48. The molecule has 0 aromatic rings. The van der Waals surface area contributed by atoms with E-state index in [-0.39, 0.29) is 24.5 Å². The summed E-state index contributed by atoms with van der Waals surface area (Å²) < 4.78 is 0. The van der Waals surface area contributed by atoms with Crippen LogP contribution in [0.2, 0.25) is 0 Å². The van der Waals surface area contributed by atoms with E-state index < -0.39 is 0 Å². The summed E-state index contributed by atoms with van der Waals surface area (Å²) in [5, 5.41) is 2.62. The number of hydrogen-bond donors (Lipinski definition) is 1. The lowest BCUT2D eigenvalue weighted by Gasteiger charge is -2.48. The highest BCUT2D eigenvalue weighted by Crippen LogP contribution is 2.35. The zero-order chi connectivity index (χ0) is 12.0. The van der Waals surface area contributed by atoms with E-state index in [0.29, 0.717) is 12.1 Å². The van der Waals surface area contributed by atoms with Gasteiger partial charge in [0.1, 0.15) is 0 Å². The van der Waals surface area contributed by atoms with Crippen LogP contribution in [0.5, 0.6) is 0 Å². The Labute approximate surface area is 101 Å². The summed E-state index contributed by atoms with van der Waals surface area (Å²) in [6.07, 6.45) is 5.59. The molecule has 3 amide bonds. The fourth-order valence-electron chi connectivity index (χ4n) is 3.60. The van der Waals surface area contributed by atoms with Gasteiger partial charge in [0, 0.05) is 18.1 Å². The maximum Gasteiger partial charge on any atom is 0.324 e. The van der Waals surface area contributed by atoms with Gasteiger partial charge >= 0.3 is 6.03 Å². The molecule has 94 valence electrons. The largest absolute Gasteiger partial charge is 0.329 e. The lowest BCUT2D eigenvalue weighted by Crippen LogP contribution is -2.56. The van der Waals surface area contributed by atoms with Crippen molar-refractivity contribution in [3.8, 4) is 0 Å². The first kappa shape index (κ1) is 11.0. The number of carbonyl (C=O) groups excluding carboxylic acids is 2. The van der Waals surface area contributed by atoms with Crippen LogP contribution >= 0.6 is 0 Å².